The van der Waals surface area contributed by atoms with E-state index in [4.69, 9.17) is 0 Å². The van der Waals surface area contributed by atoms with Gasteiger partial charge in [-0.3, -0.25) is 4.68 Å². The second kappa shape index (κ2) is 3.94. The Morgan fingerprint density at radius 3 is 2.56 bits per heavy atom. The Morgan fingerprint density at radius 2 is 2.06 bits per heavy atom. The molecule has 0 aliphatic heterocycles. The van der Waals surface area contributed by atoms with Crippen LogP contribution in [-0.2, 0) is 15.8 Å². The molecular weight excluding hydrogens is 259 g/mol. The molecule has 0 bridgehead atoms. The molecule has 2 rings (SSSR count). The van der Waals surface area contributed by atoms with Crippen LogP contribution in [0, 0.1) is 0 Å². The first-order valence-corrected chi connectivity index (χ1v) is 6.65. The second-order valence-corrected chi connectivity index (χ2v) is 6.15. The van der Waals surface area contributed by atoms with Crippen LogP contribution in [0.4, 0.5) is 3.89 Å². The minimum Gasteiger partial charge on any atom is -0.450 e. The number of aromatic nitrogens is 2. The quantitative estimate of drug-likeness (QED) is 0.788. The van der Waals surface area contributed by atoms with Gasteiger partial charge in [-0.25, -0.2) is 0 Å². The molecule has 5 nitrogen and oxygen atoms in total. The summed E-state index contributed by atoms with van der Waals surface area (Å²) in [6.45, 7) is 5.85. The molecule has 98 valence electrons. The smallest absolute Gasteiger partial charge is 0.366 e. The summed E-state index contributed by atoms with van der Waals surface area (Å²) >= 11 is 0. The fourth-order valence-electron chi connectivity index (χ4n) is 1.53. The van der Waals surface area contributed by atoms with Crippen molar-refractivity contribution in [2.75, 3.05) is 0 Å². The summed E-state index contributed by atoms with van der Waals surface area (Å²) in [6, 6.07) is 1.40. The van der Waals surface area contributed by atoms with Gasteiger partial charge in [0, 0.05) is 17.3 Å². The van der Waals surface area contributed by atoms with Crippen LogP contribution < -0.4 is 0 Å². The van der Waals surface area contributed by atoms with E-state index in [-0.39, 0.29) is 11.1 Å². The fourth-order valence-corrected chi connectivity index (χ4v) is 2.15. The molecule has 0 unspecified atom stereocenters. The first-order chi connectivity index (χ1) is 8.19. The molecule has 2 heterocycles. The zero-order valence-electron chi connectivity index (χ0n) is 10.2. The average Bonchev–Trinajstić information content (AvgIpc) is 2.84. The highest BCUT2D eigenvalue weighted by Gasteiger charge is 2.24. The summed E-state index contributed by atoms with van der Waals surface area (Å²) in [5.74, 6) is 0. The van der Waals surface area contributed by atoms with Crippen LogP contribution >= 0.6 is 0 Å². The second-order valence-electron chi connectivity index (χ2n) is 4.90. The Balaban J connectivity index is 2.51. The van der Waals surface area contributed by atoms with E-state index in [9.17, 15) is 12.3 Å². The summed E-state index contributed by atoms with van der Waals surface area (Å²) in [6.07, 6.45) is 4.26. The van der Waals surface area contributed by atoms with Gasteiger partial charge in [-0.05, 0) is 26.8 Å². The van der Waals surface area contributed by atoms with Crippen molar-refractivity contribution in [3.8, 4) is 11.1 Å². The summed E-state index contributed by atoms with van der Waals surface area (Å²) in [7, 11) is -4.87. The SMILES string of the molecule is CC(C)(C)n1cc(-c2ccoc2S(=O)(=O)F)cn1. The highest BCUT2D eigenvalue weighted by molar-refractivity contribution is 7.86. The number of furan rings is 1. The average molecular weight is 272 g/mol. The first-order valence-electron chi connectivity index (χ1n) is 5.27. The van der Waals surface area contributed by atoms with E-state index in [1.165, 1.54) is 12.3 Å². The lowest BCUT2D eigenvalue weighted by atomic mass is 10.1. The van der Waals surface area contributed by atoms with Crippen LogP contribution in [0.15, 0.2) is 34.2 Å². The van der Waals surface area contributed by atoms with Gasteiger partial charge in [0.05, 0.1) is 18.0 Å². The predicted molar refractivity (Wildman–Crippen MR) is 63.2 cm³/mol. The number of rotatable bonds is 2. The molecule has 0 N–H and O–H groups in total. The van der Waals surface area contributed by atoms with Crippen molar-refractivity contribution in [1.29, 1.82) is 0 Å². The molecule has 0 atom stereocenters. The molecule has 0 spiro atoms. The maximum absolute atomic E-state index is 13.0. The third-order valence-electron chi connectivity index (χ3n) is 2.43. The Hall–Kier alpha value is -1.63. The number of hydrogen-bond acceptors (Lipinski definition) is 4. The minimum atomic E-state index is -4.87. The molecule has 0 aliphatic carbocycles. The van der Waals surface area contributed by atoms with E-state index in [0.29, 0.717) is 5.56 Å². The number of hydrogen-bond donors (Lipinski definition) is 0. The zero-order valence-corrected chi connectivity index (χ0v) is 11.0. The summed E-state index contributed by atoms with van der Waals surface area (Å²) < 4.78 is 41.2. The first kappa shape index (κ1) is 12.8. The van der Waals surface area contributed by atoms with E-state index in [0.717, 1.165) is 6.26 Å². The van der Waals surface area contributed by atoms with Crippen LogP contribution in [-0.4, -0.2) is 18.2 Å². The Bertz CT molecular complexity index is 665. The van der Waals surface area contributed by atoms with Crippen molar-refractivity contribution in [3.63, 3.8) is 0 Å². The van der Waals surface area contributed by atoms with Crippen molar-refractivity contribution in [2.24, 2.45) is 0 Å². The van der Waals surface area contributed by atoms with Crippen molar-refractivity contribution < 1.29 is 16.7 Å². The van der Waals surface area contributed by atoms with Crippen molar-refractivity contribution in [1.82, 2.24) is 9.78 Å². The Morgan fingerprint density at radius 1 is 1.39 bits per heavy atom. The molecule has 0 saturated carbocycles. The van der Waals surface area contributed by atoms with E-state index in [2.05, 4.69) is 9.52 Å². The number of halogens is 1. The van der Waals surface area contributed by atoms with E-state index in [1.807, 2.05) is 20.8 Å². The van der Waals surface area contributed by atoms with Crippen LogP contribution in [0.1, 0.15) is 20.8 Å². The molecule has 2 aromatic heterocycles. The molecule has 18 heavy (non-hydrogen) atoms. The lowest BCUT2D eigenvalue weighted by Crippen LogP contribution is -2.21. The van der Waals surface area contributed by atoms with Crippen LogP contribution in [0.5, 0.6) is 0 Å². The minimum absolute atomic E-state index is 0.174. The van der Waals surface area contributed by atoms with Crippen molar-refractivity contribution in [2.45, 2.75) is 31.4 Å². The number of nitrogens with zero attached hydrogens (tertiary/aromatic N) is 2. The van der Waals surface area contributed by atoms with Gasteiger partial charge in [-0.2, -0.15) is 13.5 Å². The summed E-state index contributed by atoms with van der Waals surface area (Å²) in [5, 5.41) is 3.44. The van der Waals surface area contributed by atoms with Crippen LogP contribution in [0.3, 0.4) is 0 Å². The standard InChI is InChI=1S/C11H13FN2O3S/c1-11(2,3)14-7-8(6-13-14)9-4-5-17-10(9)18(12,15)16/h4-7H,1-3H3. The van der Waals surface area contributed by atoms with E-state index >= 15 is 0 Å². The molecular formula is C11H13FN2O3S. The molecule has 0 fully saturated rings. The Kier molecular flexibility index (Phi) is 2.81. The van der Waals surface area contributed by atoms with Gasteiger partial charge in [0.2, 0.25) is 0 Å². The van der Waals surface area contributed by atoms with Gasteiger partial charge < -0.3 is 4.42 Å². The summed E-state index contributed by atoms with van der Waals surface area (Å²) in [4.78, 5) is 0. The highest BCUT2D eigenvalue weighted by atomic mass is 32.3. The molecule has 0 aliphatic rings. The fraction of sp³-hybridized carbons (Fsp3) is 0.364. The lowest BCUT2D eigenvalue weighted by molar-refractivity contribution is 0.355. The Labute approximate surface area is 104 Å². The van der Waals surface area contributed by atoms with Crippen molar-refractivity contribution in [3.05, 3.63) is 24.7 Å². The van der Waals surface area contributed by atoms with Gasteiger partial charge in [0.25, 0.3) is 5.09 Å². The highest BCUT2D eigenvalue weighted by Crippen LogP contribution is 2.30. The van der Waals surface area contributed by atoms with Gasteiger partial charge in [-0.1, -0.05) is 3.89 Å². The maximum Gasteiger partial charge on any atom is 0.366 e. The topological polar surface area (TPSA) is 65.1 Å². The third kappa shape index (κ3) is 2.31. The van der Waals surface area contributed by atoms with Crippen molar-refractivity contribution >= 4 is 10.2 Å². The molecule has 7 heteroatoms. The maximum atomic E-state index is 13.0. The molecule has 0 saturated heterocycles. The monoisotopic (exact) mass is 272 g/mol. The predicted octanol–water partition coefficient (Wildman–Crippen LogP) is 2.56. The van der Waals surface area contributed by atoms with Gasteiger partial charge in [-0.15, -0.1) is 0 Å². The largest absolute Gasteiger partial charge is 0.450 e. The van der Waals surface area contributed by atoms with E-state index in [1.54, 1.807) is 10.9 Å². The normalized spacial score (nSPS) is 12.9. The van der Waals surface area contributed by atoms with Crippen LogP contribution in [0.2, 0.25) is 0 Å². The van der Waals surface area contributed by atoms with Gasteiger partial charge in [0.1, 0.15) is 0 Å². The molecule has 0 aromatic carbocycles. The van der Waals surface area contributed by atoms with Gasteiger partial charge >= 0.3 is 10.2 Å². The lowest BCUT2D eigenvalue weighted by Gasteiger charge is -2.18. The molecule has 2 aromatic rings. The molecule has 0 radical (unpaired) electrons. The molecule has 0 amide bonds. The summed E-state index contributed by atoms with van der Waals surface area (Å²) in [5.41, 5.74) is 0.430. The zero-order chi connectivity index (χ0) is 13.6. The van der Waals surface area contributed by atoms with E-state index < -0.39 is 15.3 Å². The van der Waals surface area contributed by atoms with Gasteiger partial charge in [0.15, 0.2) is 0 Å². The third-order valence-corrected chi connectivity index (χ3v) is 3.19. The van der Waals surface area contributed by atoms with Crippen LogP contribution in [0.25, 0.3) is 11.1 Å².